The molecule has 0 spiro atoms. The summed E-state index contributed by atoms with van der Waals surface area (Å²) < 4.78 is 21.8. The van der Waals surface area contributed by atoms with Crippen LogP contribution in [0.1, 0.15) is 0 Å². The number of rotatable bonds is 0. The van der Waals surface area contributed by atoms with Gasteiger partial charge >= 0.3 is 51.9 Å². The summed E-state index contributed by atoms with van der Waals surface area (Å²) in [5.74, 6) is 0. The average Bonchev–Trinajstić information content (AvgIpc) is 1.89. The summed E-state index contributed by atoms with van der Waals surface area (Å²) in [4.78, 5) is 7.15. The molecule has 0 fully saturated rings. The SMILES string of the molecule is O=[Se]1(=O)c2ccnc1n2. The van der Waals surface area contributed by atoms with Crippen LogP contribution in [0.25, 0.3) is 0 Å². The van der Waals surface area contributed by atoms with Crippen molar-refractivity contribution < 1.29 is 7.67 Å². The van der Waals surface area contributed by atoms with Gasteiger partial charge in [-0.1, -0.05) is 0 Å². The molecule has 0 aromatic carbocycles. The molecule has 0 saturated heterocycles. The van der Waals surface area contributed by atoms with Gasteiger partial charge in [-0.2, -0.15) is 0 Å². The van der Waals surface area contributed by atoms with Gasteiger partial charge in [0.2, 0.25) is 0 Å². The van der Waals surface area contributed by atoms with Crippen LogP contribution in [0.2, 0.25) is 0 Å². The first kappa shape index (κ1) is 5.02. The van der Waals surface area contributed by atoms with Crippen LogP contribution >= 0.6 is 0 Å². The maximum absolute atomic E-state index is 10.8. The molecule has 0 atom stereocenters. The first-order chi connectivity index (χ1) is 4.21. The summed E-state index contributed by atoms with van der Waals surface area (Å²) in [6.07, 6.45) is 1.45. The fourth-order valence-electron chi connectivity index (χ4n) is 0.659. The molecule has 2 aliphatic rings. The number of hydrogen-bond acceptors (Lipinski definition) is 4. The van der Waals surface area contributed by atoms with E-state index in [1.807, 2.05) is 0 Å². The molecule has 0 unspecified atom stereocenters. The number of fused-ring (bicyclic) bond motifs is 2. The van der Waals surface area contributed by atoms with Gasteiger partial charge < -0.3 is 0 Å². The molecule has 0 N–H and O–H groups in total. The quantitative estimate of drug-likeness (QED) is 0.459. The summed E-state index contributed by atoms with van der Waals surface area (Å²) in [5.41, 5.74) is 0. The van der Waals surface area contributed by atoms with Crippen molar-refractivity contribution in [1.82, 2.24) is 9.97 Å². The Labute approximate surface area is 52.6 Å². The van der Waals surface area contributed by atoms with Gasteiger partial charge in [0.1, 0.15) is 0 Å². The second kappa shape index (κ2) is 1.20. The molecule has 4 nitrogen and oxygen atoms in total. The van der Waals surface area contributed by atoms with Gasteiger partial charge in [0.05, 0.1) is 0 Å². The van der Waals surface area contributed by atoms with Crippen molar-refractivity contribution in [3.8, 4) is 0 Å². The van der Waals surface area contributed by atoms with Gasteiger partial charge in [-0.25, -0.2) is 0 Å². The van der Waals surface area contributed by atoms with Crippen LogP contribution < -0.4 is 9.32 Å². The normalized spacial score (nSPS) is 18.7. The molecule has 5 heteroatoms. The van der Waals surface area contributed by atoms with E-state index in [0.29, 0.717) is 0 Å². The third-order valence-electron chi connectivity index (χ3n) is 1.12. The molecular weight excluding hydrogens is 187 g/mol. The van der Waals surface area contributed by atoms with Crippen LogP contribution in [0.5, 0.6) is 0 Å². The van der Waals surface area contributed by atoms with E-state index in [9.17, 15) is 7.67 Å². The van der Waals surface area contributed by atoms with Crippen LogP contribution in [0.3, 0.4) is 0 Å². The Kier molecular flexibility index (Phi) is 0.668. The van der Waals surface area contributed by atoms with Crippen molar-refractivity contribution in [2.45, 2.75) is 0 Å². The van der Waals surface area contributed by atoms with Gasteiger partial charge in [-0.15, -0.1) is 0 Å². The molecule has 3 rings (SSSR count). The second-order valence-electron chi connectivity index (χ2n) is 1.68. The Bertz CT molecular complexity index is 324. The van der Waals surface area contributed by atoms with E-state index in [1.54, 1.807) is 0 Å². The predicted octanol–water partition coefficient (Wildman–Crippen LogP) is -1.79. The van der Waals surface area contributed by atoms with E-state index < -0.39 is 12.7 Å². The molecule has 1 aromatic rings. The van der Waals surface area contributed by atoms with Crippen LogP contribution in [0.4, 0.5) is 0 Å². The molecule has 3 heterocycles. The summed E-state index contributed by atoms with van der Waals surface area (Å²) >= 11 is -3.85. The van der Waals surface area contributed by atoms with Crippen LogP contribution in [-0.2, 0) is 7.67 Å². The van der Waals surface area contributed by atoms with E-state index in [1.165, 1.54) is 12.3 Å². The Morgan fingerprint density at radius 2 is 2.22 bits per heavy atom. The fourth-order valence-corrected chi connectivity index (χ4v) is 2.59. The van der Waals surface area contributed by atoms with E-state index in [0.717, 1.165) is 0 Å². The topological polar surface area (TPSA) is 59.9 Å². The zero-order valence-electron chi connectivity index (χ0n) is 4.27. The van der Waals surface area contributed by atoms with Crippen molar-refractivity contribution in [3.05, 3.63) is 12.3 Å². The standard InChI is InChI=1S/C4H2N2O2Se/c7-9(8)3-1-2-5-4(9)6-3/h1-2H. The summed E-state index contributed by atoms with van der Waals surface area (Å²) in [6.45, 7) is 0. The Morgan fingerprint density at radius 3 is 2.44 bits per heavy atom. The second-order valence-corrected chi connectivity index (χ2v) is 5.44. The molecule has 2 bridgehead atoms. The maximum atomic E-state index is 10.8. The van der Waals surface area contributed by atoms with Crippen molar-refractivity contribution in [1.29, 1.82) is 0 Å². The summed E-state index contributed by atoms with van der Waals surface area (Å²) in [6, 6.07) is 1.41. The number of nitrogens with zero attached hydrogens (tertiary/aromatic N) is 2. The monoisotopic (exact) mass is 190 g/mol. The van der Waals surface area contributed by atoms with Crippen molar-refractivity contribution in [2.75, 3.05) is 0 Å². The Hall–Kier alpha value is -0.801. The minimum absolute atomic E-state index is 0.0174. The summed E-state index contributed by atoms with van der Waals surface area (Å²) in [5, 5.41) is 0. The molecule has 9 heavy (non-hydrogen) atoms. The zero-order valence-corrected chi connectivity index (χ0v) is 5.99. The molecule has 0 amide bonds. The van der Waals surface area contributed by atoms with Crippen LogP contribution in [0.15, 0.2) is 12.3 Å². The van der Waals surface area contributed by atoms with Crippen molar-refractivity contribution >= 4 is 22.0 Å². The summed E-state index contributed by atoms with van der Waals surface area (Å²) in [7, 11) is 0. The van der Waals surface area contributed by atoms with E-state index in [2.05, 4.69) is 9.97 Å². The van der Waals surface area contributed by atoms with Crippen LogP contribution in [-0.4, -0.2) is 22.7 Å². The van der Waals surface area contributed by atoms with E-state index in [-0.39, 0.29) is 9.32 Å². The minimum atomic E-state index is -3.85. The first-order valence-corrected chi connectivity index (χ1v) is 5.40. The average molecular weight is 189 g/mol. The molecular formula is C4H2N2O2Se. The first-order valence-electron chi connectivity index (χ1n) is 2.29. The Morgan fingerprint density at radius 1 is 1.44 bits per heavy atom. The van der Waals surface area contributed by atoms with Gasteiger partial charge in [-0.05, 0) is 0 Å². The molecule has 1 aromatic heterocycles. The molecule has 2 aliphatic heterocycles. The fraction of sp³-hybridized carbons (Fsp3) is 0. The molecule has 46 valence electrons. The predicted molar refractivity (Wildman–Crippen MR) is 28.4 cm³/mol. The van der Waals surface area contributed by atoms with Gasteiger partial charge in [0, 0.05) is 0 Å². The molecule has 0 aliphatic carbocycles. The van der Waals surface area contributed by atoms with Crippen LogP contribution in [0, 0.1) is 0 Å². The van der Waals surface area contributed by atoms with Crippen molar-refractivity contribution in [2.24, 2.45) is 0 Å². The third kappa shape index (κ3) is 0.433. The Balaban J connectivity index is 2.94. The zero-order chi connectivity index (χ0) is 6.48. The van der Waals surface area contributed by atoms with Gasteiger partial charge in [0.25, 0.3) is 0 Å². The van der Waals surface area contributed by atoms with E-state index >= 15 is 0 Å². The molecule has 0 radical (unpaired) electrons. The van der Waals surface area contributed by atoms with Gasteiger partial charge in [0.15, 0.2) is 0 Å². The van der Waals surface area contributed by atoms with Gasteiger partial charge in [-0.3, -0.25) is 0 Å². The number of aromatic nitrogens is 2. The molecule has 0 saturated carbocycles. The number of hydrogen-bond donors (Lipinski definition) is 0. The third-order valence-corrected chi connectivity index (χ3v) is 4.18. The van der Waals surface area contributed by atoms with E-state index in [4.69, 9.17) is 0 Å². The van der Waals surface area contributed by atoms with Crippen molar-refractivity contribution in [3.63, 3.8) is 0 Å².